The molecule has 4 heteroatoms. The molecule has 1 fully saturated rings. The molecule has 0 atom stereocenters. The zero-order chi connectivity index (χ0) is 14.5. The molecule has 1 amide bonds. The highest BCUT2D eigenvalue weighted by molar-refractivity contribution is 5.91. The summed E-state index contributed by atoms with van der Waals surface area (Å²) in [5.41, 5.74) is 3.27. The lowest BCUT2D eigenvalue weighted by atomic mass is 10.1. The van der Waals surface area contributed by atoms with Crippen molar-refractivity contribution >= 4 is 11.6 Å². The Labute approximate surface area is 121 Å². The Kier molecular flexibility index (Phi) is 5.15. The fourth-order valence-corrected chi connectivity index (χ4v) is 2.50. The molecule has 20 heavy (non-hydrogen) atoms. The molecule has 1 aromatic carbocycles. The number of carbonyl (C=O) groups is 1. The van der Waals surface area contributed by atoms with E-state index in [0.29, 0.717) is 6.42 Å². The van der Waals surface area contributed by atoms with Crippen LogP contribution in [0.4, 0.5) is 5.69 Å². The third kappa shape index (κ3) is 4.32. The number of anilines is 1. The lowest BCUT2D eigenvalue weighted by Gasteiger charge is -2.32. The minimum atomic E-state index is 0.107. The fourth-order valence-electron chi connectivity index (χ4n) is 2.50. The average Bonchev–Trinajstić information content (AvgIpc) is 2.41. The molecular weight excluding hydrogens is 250 g/mol. The molecule has 0 bridgehead atoms. The monoisotopic (exact) mass is 275 g/mol. The number of likely N-dealkylation sites (N-methyl/N-ethyl adjacent to an activating group) is 1. The predicted molar refractivity (Wildman–Crippen MR) is 83.1 cm³/mol. The van der Waals surface area contributed by atoms with Crippen LogP contribution in [0.2, 0.25) is 0 Å². The average molecular weight is 275 g/mol. The van der Waals surface area contributed by atoms with E-state index in [9.17, 15) is 4.79 Å². The Balaban J connectivity index is 1.78. The van der Waals surface area contributed by atoms with E-state index in [-0.39, 0.29) is 5.91 Å². The van der Waals surface area contributed by atoms with Crippen LogP contribution in [0, 0.1) is 13.8 Å². The molecule has 4 nitrogen and oxygen atoms in total. The molecule has 1 heterocycles. The standard InChI is InChI=1S/C16H25N3O/c1-13-4-5-15(14(2)12-13)17-16(20)6-7-19-10-8-18(3)9-11-19/h4-5,12H,6-11H2,1-3H3,(H,17,20). The SMILES string of the molecule is Cc1ccc(NC(=O)CCN2CCN(C)CC2)c(C)c1. The Morgan fingerprint density at radius 1 is 1.20 bits per heavy atom. The summed E-state index contributed by atoms with van der Waals surface area (Å²) in [5.74, 6) is 0.107. The summed E-state index contributed by atoms with van der Waals surface area (Å²) in [6.45, 7) is 9.26. The zero-order valence-electron chi connectivity index (χ0n) is 12.8. The van der Waals surface area contributed by atoms with E-state index < -0.39 is 0 Å². The quantitative estimate of drug-likeness (QED) is 0.911. The first-order valence-corrected chi connectivity index (χ1v) is 7.32. The van der Waals surface area contributed by atoms with Gasteiger partial charge in [0.2, 0.25) is 5.91 Å². The van der Waals surface area contributed by atoms with Gasteiger partial charge in [0.15, 0.2) is 0 Å². The van der Waals surface area contributed by atoms with Gasteiger partial charge >= 0.3 is 0 Å². The molecule has 0 unspecified atom stereocenters. The van der Waals surface area contributed by atoms with Crippen LogP contribution in [0.25, 0.3) is 0 Å². The molecular formula is C16H25N3O. The van der Waals surface area contributed by atoms with Gasteiger partial charge in [0.05, 0.1) is 0 Å². The van der Waals surface area contributed by atoms with E-state index in [4.69, 9.17) is 0 Å². The minimum absolute atomic E-state index is 0.107. The number of rotatable bonds is 4. The molecule has 0 saturated carbocycles. The van der Waals surface area contributed by atoms with E-state index in [1.54, 1.807) is 0 Å². The van der Waals surface area contributed by atoms with Crippen LogP contribution in [0.3, 0.4) is 0 Å². The van der Waals surface area contributed by atoms with Gasteiger partial charge in [-0.1, -0.05) is 17.7 Å². The second kappa shape index (κ2) is 6.86. The summed E-state index contributed by atoms with van der Waals surface area (Å²) in [4.78, 5) is 16.7. The van der Waals surface area contributed by atoms with Crippen molar-refractivity contribution < 1.29 is 4.79 Å². The van der Waals surface area contributed by atoms with Crippen molar-refractivity contribution in [3.8, 4) is 0 Å². The Morgan fingerprint density at radius 3 is 2.55 bits per heavy atom. The van der Waals surface area contributed by atoms with Crippen LogP contribution in [-0.4, -0.2) is 55.5 Å². The second-order valence-corrected chi connectivity index (χ2v) is 5.76. The number of carbonyl (C=O) groups excluding carboxylic acids is 1. The number of hydrogen-bond donors (Lipinski definition) is 1. The normalized spacial score (nSPS) is 17.1. The van der Waals surface area contributed by atoms with E-state index >= 15 is 0 Å². The Hall–Kier alpha value is -1.39. The van der Waals surface area contributed by atoms with Gasteiger partial charge in [0, 0.05) is 44.8 Å². The highest BCUT2D eigenvalue weighted by Gasteiger charge is 2.14. The molecule has 1 saturated heterocycles. The first-order valence-electron chi connectivity index (χ1n) is 7.32. The summed E-state index contributed by atoms with van der Waals surface area (Å²) in [6, 6.07) is 6.11. The number of hydrogen-bond acceptors (Lipinski definition) is 3. The number of amides is 1. The summed E-state index contributed by atoms with van der Waals surface area (Å²) >= 11 is 0. The Bertz CT molecular complexity index is 465. The molecule has 2 rings (SSSR count). The fraction of sp³-hybridized carbons (Fsp3) is 0.562. The molecule has 1 N–H and O–H groups in total. The van der Waals surface area contributed by atoms with Crippen molar-refractivity contribution in [2.24, 2.45) is 0 Å². The molecule has 0 radical (unpaired) electrons. The minimum Gasteiger partial charge on any atom is -0.326 e. The number of nitrogens with zero attached hydrogens (tertiary/aromatic N) is 2. The molecule has 0 aromatic heterocycles. The maximum atomic E-state index is 12.0. The van der Waals surface area contributed by atoms with Gasteiger partial charge in [-0.2, -0.15) is 0 Å². The molecule has 0 spiro atoms. The maximum Gasteiger partial charge on any atom is 0.225 e. The van der Waals surface area contributed by atoms with Crippen LogP contribution >= 0.6 is 0 Å². The lowest BCUT2D eigenvalue weighted by Crippen LogP contribution is -2.45. The van der Waals surface area contributed by atoms with E-state index in [2.05, 4.69) is 35.2 Å². The van der Waals surface area contributed by atoms with Crippen molar-refractivity contribution in [2.45, 2.75) is 20.3 Å². The van der Waals surface area contributed by atoms with Crippen LogP contribution in [-0.2, 0) is 4.79 Å². The van der Waals surface area contributed by atoms with Crippen molar-refractivity contribution in [1.29, 1.82) is 0 Å². The molecule has 1 aliphatic rings. The van der Waals surface area contributed by atoms with Crippen molar-refractivity contribution in [3.05, 3.63) is 29.3 Å². The molecule has 1 aromatic rings. The van der Waals surface area contributed by atoms with Crippen LogP contribution in [0.15, 0.2) is 18.2 Å². The number of aryl methyl sites for hydroxylation is 2. The topological polar surface area (TPSA) is 35.6 Å². The molecule has 0 aliphatic carbocycles. The highest BCUT2D eigenvalue weighted by Crippen LogP contribution is 2.16. The first kappa shape index (κ1) is 15.0. The van der Waals surface area contributed by atoms with Gasteiger partial charge in [0.1, 0.15) is 0 Å². The van der Waals surface area contributed by atoms with E-state index in [1.165, 1.54) is 5.56 Å². The van der Waals surface area contributed by atoms with Crippen LogP contribution in [0.1, 0.15) is 17.5 Å². The van der Waals surface area contributed by atoms with E-state index in [0.717, 1.165) is 44.0 Å². The van der Waals surface area contributed by atoms with Gasteiger partial charge in [-0.15, -0.1) is 0 Å². The van der Waals surface area contributed by atoms with Gasteiger partial charge in [-0.3, -0.25) is 4.79 Å². The number of benzene rings is 1. The first-order chi connectivity index (χ1) is 9.54. The number of nitrogens with one attached hydrogen (secondary N) is 1. The van der Waals surface area contributed by atoms with Gasteiger partial charge in [-0.05, 0) is 32.5 Å². The van der Waals surface area contributed by atoms with Crippen LogP contribution in [0.5, 0.6) is 0 Å². The van der Waals surface area contributed by atoms with Crippen molar-refractivity contribution in [3.63, 3.8) is 0 Å². The third-order valence-electron chi connectivity index (χ3n) is 3.91. The van der Waals surface area contributed by atoms with E-state index in [1.807, 2.05) is 19.1 Å². The summed E-state index contributed by atoms with van der Waals surface area (Å²) in [7, 11) is 2.14. The third-order valence-corrected chi connectivity index (χ3v) is 3.91. The Morgan fingerprint density at radius 2 is 1.90 bits per heavy atom. The van der Waals surface area contributed by atoms with Crippen molar-refractivity contribution in [1.82, 2.24) is 9.80 Å². The molecule has 110 valence electrons. The van der Waals surface area contributed by atoms with Crippen molar-refractivity contribution in [2.75, 3.05) is 45.1 Å². The maximum absolute atomic E-state index is 12.0. The summed E-state index contributed by atoms with van der Waals surface area (Å²) in [5, 5.41) is 3.01. The number of piperazine rings is 1. The van der Waals surface area contributed by atoms with Gasteiger partial charge in [0.25, 0.3) is 0 Å². The largest absolute Gasteiger partial charge is 0.326 e. The zero-order valence-corrected chi connectivity index (χ0v) is 12.8. The summed E-state index contributed by atoms with van der Waals surface area (Å²) in [6.07, 6.45) is 0.566. The molecule has 1 aliphatic heterocycles. The highest BCUT2D eigenvalue weighted by atomic mass is 16.1. The second-order valence-electron chi connectivity index (χ2n) is 5.76. The smallest absolute Gasteiger partial charge is 0.225 e. The van der Waals surface area contributed by atoms with Crippen LogP contribution < -0.4 is 5.32 Å². The predicted octanol–water partition coefficient (Wildman–Crippen LogP) is 1.88. The van der Waals surface area contributed by atoms with Gasteiger partial charge in [-0.25, -0.2) is 0 Å². The summed E-state index contributed by atoms with van der Waals surface area (Å²) < 4.78 is 0. The van der Waals surface area contributed by atoms with Gasteiger partial charge < -0.3 is 15.1 Å². The lowest BCUT2D eigenvalue weighted by molar-refractivity contribution is -0.116.